The molecule has 1 aromatic carbocycles. The zero-order chi connectivity index (χ0) is 12.7. The lowest BCUT2D eigenvalue weighted by molar-refractivity contribution is -0.146. The van der Waals surface area contributed by atoms with Gasteiger partial charge in [0.05, 0.1) is 0 Å². The van der Waals surface area contributed by atoms with Crippen LogP contribution in [-0.4, -0.2) is 28.1 Å². The van der Waals surface area contributed by atoms with Gasteiger partial charge in [0, 0.05) is 12.1 Å². The molecule has 1 aromatic rings. The number of hydrogen-bond acceptors (Lipinski definition) is 2. The van der Waals surface area contributed by atoms with Crippen LogP contribution in [0.15, 0.2) is 30.3 Å². The lowest BCUT2D eigenvalue weighted by Crippen LogP contribution is -2.46. The number of likely N-dealkylation sites (tertiary alicyclic amines) is 1. The molecule has 1 N–H and O–H groups in total. The van der Waals surface area contributed by atoms with Gasteiger partial charge in [-0.25, -0.2) is 0 Å². The topological polar surface area (TPSA) is 40.5 Å². The van der Waals surface area contributed by atoms with Crippen molar-refractivity contribution in [3.63, 3.8) is 0 Å². The van der Waals surface area contributed by atoms with Gasteiger partial charge in [0.15, 0.2) is 0 Å². The van der Waals surface area contributed by atoms with Crippen LogP contribution in [0.4, 0.5) is 0 Å². The van der Waals surface area contributed by atoms with Gasteiger partial charge in [-0.1, -0.05) is 30.3 Å². The van der Waals surface area contributed by atoms with Gasteiger partial charge in [0.1, 0.15) is 6.04 Å². The van der Waals surface area contributed by atoms with Gasteiger partial charge in [0.2, 0.25) is 0 Å². The highest BCUT2D eigenvalue weighted by molar-refractivity contribution is 5.75. The number of hydrogen-bond donors (Lipinski definition) is 1. The van der Waals surface area contributed by atoms with Crippen LogP contribution in [-0.2, 0) is 4.79 Å². The zero-order valence-electron chi connectivity index (χ0n) is 10.6. The molecule has 3 heteroatoms. The average Bonchev–Trinajstić information content (AvgIpc) is 2.99. The molecule has 4 atom stereocenters. The van der Waals surface area contributed by atoms with Crippen molar-refractivity contribution in [1.82, 2.24) is 4.90 Å². The number of nitrogens with zero attached hydrogens (tertiary/aromatic N) is 1. The predicted octanol–water partition coefficient (Wildman–Crippen LogP) is 2.69. The minimum absolute atomic E-state index is 0.197. The average molecular weight is 245 g/mol. The van der Waals surface area contributed by atoms with Crippen molar-refractivity contribution in [2.45, 2.75) is 44.3 Å². The minimum atomic E-state index is -0.648. The molecule has 1 aliphatic carbocycles. The minimum Gasteiger partial charge on any atom is -0.480 e. The molecule has 0 amide bonds. The van der Waals surface area contributed by atoms with E-state index in [0.717, 1.165) is 19.3 Å². The van der Waals surface area contributed by atoms with Crippen LogP contribution in [0.5, 0.6) is 0 Å². The van der Waals surface area contributed by atoms with Crippen molar-refractivity contribution >= 4 is 5.97 Å². The Morgan fingerprint density at radius 2 is 2.06 bits per heavy atom. The van der Waals surface area contributed by atoms with Crippen molar-refractivity contribution in [3.8, 4) is 0 Å². The monoisotopic (exact) mass is 245 g/mol. The lowest BCUT2D eigenvalue weighted by Gasteiger charge is -2.37. The first-order valence-corrected chi connectivity index (χ1v) is 6.73. The molecule has 1 saturated carbocycles. The van der Waals surface area contributed by atoms with E-state index in [4.69, 9.17) is 0 Å². The maximum absolute atomic E-state index is 11.5. The molecule has 18 heavy (non-hydrogen) atoms. The predicted molar refractivity (Wildman–Crippen MR) is 69.2 cm³/mol. The summed E-state index contributed by atoms with van der Waals surface area (Å²) in [7, 11) is 0. The van der Waals surface area contributed by atoms with E-state index in [1.165, 1.54) is 5.56 Å². The molecule has 1 heterocycles. The molecule has 0 unspecified atom stereocenters. The van der Waals surface area contributed by atoms with Gasteiger partial charge in [0.25, 0.3) is 0 Å². The standard InChI is InChI=1S/C15H19NO2/c1-10(11-5-3-2-4-6-11)16-13-8-7-12(9-13)14(16)15(17)18/h2-6,10,12-14H,7-9H2,1H3,(H,17,18)/t10-,12+,13+,14-/m1/s1. The molecule has 2 aliphatic rings. The first kappa shape index (κ1) is 11.7. The first-order chi connectivity index (χ1) is 8.68. The third-order valence-corrected chi connectivity index (χ3v) is 4.62. The van der Waals surface area contributed by atoms with Crippen molar-refractivity contribution in [1.29, 1.82) is 0 Å². The highest BCUT2D eigenvalue weighted by Gasteiger charge is 2.50. The molecule has 1 aliphatic heterocycles. The maximum atomic E-state index is 11.5. The second-order valence-electron chi connectivity index (χ2n) is 5.54. The molecule has 0 radical (unpaired) electrons. The van der Waals surface area contributed by atoms with Crippen LogP contribution in [0.3, 0.4) is 0 Å². The van der Waals surface area contributed by atoms with Gasteiger partial charge in [-0.15, -0.1) is 0 Å². The van der Waals surface area contributed by atoms with Crippen LogP contribution >= 0.6 is 0 Å². The first-order valence-electron chi connectivity index (χ1n) is 6.73. The summed E-state index contributed by atoms with van der Waals surface area (Å²) in [5.74, 6) is -0.288. The molecular formula is C15H19NO2. The van der Waals surface area contributed by atoms with E-state index >= 15 is 0 Å². The Hall–Kier alpha value is -1.35. The van der Waals surface area contributed by atoms with E-state index in [9.17, 15) is 9.90 Å². The largest absolute Gasteiger partial charge is 0.480 e. The second-order valence-corrected chi connectivity index (χ2v) is 5.54. The molecule has 96 valence electrons. The smallest absolute Gasteiger partial charge is 0.321 e. The fourth-order valence-electron chi connectivity index (χ4n) is 3.81. The summed E-state index contributed by atoms with van der Waals surface area (Å²) in [4.78, 5) is 13.7. The Balaban J connectivity index is 1.89. The van der Waals surface area contributed by atoms with Gasteiger partial charge < -0.3 is 5.11 Å². The third kappa shape index (κ3) is 1.74. The maximum Gasteiger partial charge on any atom is 0.321 e. The van der Waals surface area contributed by atoms with E-state index in [2.05, 4.69) is 24.0 Å². The molecule has 2 fully saturated rings. The van der Waals surface area contributed by atoms with Crippen molar-refractivity contribution < 1.29 is 9.90 Å². The number of piperidine rings is 1. The van der Waals surface area contributed by atoms with E-state index < -0.39 is 5.97 Å². The normalized spacial score (nSPS) is 32.6. The Morgan fingerprint density at radius 3 is 2.72 bits per heavy atom. The molecule has 2 bridgehead atoms. The number of carbonyl (C=O) groups is 1. The van der Waals surface area contributed by atoms with E-state index in [1.807, 2.05) is 18.2 Å². The van der Waals surface area contributed by atoms with Gasteiger partial charge >= 0.3 is 5.97 Å². The van der Waals surface area contributed by atoms with Crippen molar-refractivity contribution in [3.05, 3.63) is 35.9 Å². The van der Waals surface area contributed by atoms with Gasteiger partial charge in [-0.2, -0.15) is 0 Å². The van der Waals surface area contributed by atoms with Crippen molar-refractivity contribution in [2.24, 2.45) is 5.92 Å². The van der Waals surface area contributed by atoms with E-state index in [1.54, 1.807) is 0 Å². The van der Waals surface area contributed by atoms with E-state index in [0.29, 0.717) is 12.0 Å². The number of benzene rings is 1. The van der Waals surface area contributed by atoms with Crippen LogP contribution in [0, 0.1) is 5.92 Å². The summed E-state index contributed by atoms with van der Waals surface area (Å²) in [5.41, 5.74) is 1.22. The summed E-state index contributed by atoms with van der Waals surface area (Å²) in [6.45, 7) is 2.13. The molecule has 3 rings (SSSR count). The van der Waals surface area contributed by atoms with Gasteiger partial charge in [-0.05, 0) is 37.7 Å². The Labute approximate surface area is 107 Å². The van der Waals surface area contributed by atoms with Crippen LogP contribution in [0.25, 0.3) is 0 Å². The number of carboxylic acids is 1. The third-order valence-electron chi connectivity index (χ3n) is 4.62. The quantitative estimate of drug-likeness (QED) is 0.890. The number of rotatable bonds is 3. The summed E-state index contributed by atoms with van der Waals surface area (Å²) in [5, 5.41) is 9.46. The van der Waals surface area contributed by atoms with Crippen LogP contribution in [0.2, 0.25) is 0 Å². The summed E-state index contributed by atoms with van der Waals surface area (Å²) >= 11 is 0. The van der Waals surface area contributed by atoms with Crippen molar-refractivity contribution in [2.75, 3.05) is 0 Å². The number of fused-ring (bicyclic) bond motifs is 2. The van der Waals surface area contributed by atoms with Crippen LogP contribution in [0.1, 0.15) is 37.8 Å². The highest BCUT2D eigenvalue weighted by Crippen LogP contribution is 2.46. The Kier molecular flexibility index (Phi) is 2.86. The highest BCUT2D eigenvalue weighted by atomic mass is 16.4. The molecule has 0 spiro atoms. The van der Waals surface area contributed by atoms with E-state index in [-0.39, 0.29) is 12.1 Å². The summed E-state index contributed by atoms with van der Waals surface area (Å²) in [6, 6.07) is 10.6. The molecule has 0 aromatic heterocycles. The number of aliphatic carboxylic acids is 1. The van der Waals surface area contributed by atoms with Crippen LogP contribution < -0.4 is 0 Å². The Morgan fingerprint density at radius 1 is 1.33 bits per heavy atom. The summed E-state index contributed by atoms with van der Waals surface area (Å²) < 4.78 is 0. The fourth-order valence-corrected chi connectivity index (χ4v) is 3.81. The SMILES string of the molecule is C[C@H](c1ccccc1)N1[C@H]2CC[C@@H](C2)[C@@H]1C(=O)O. The number of carboxylic acid groups (broad SMARTS) is 1. The second kappa shape index (κ2) is 4.39. The molecule has 3 nitrogen and oxygen atoms in total. The Bertz CT molecular complexity index is 445. The molecule has 1 saturated heterocycles. The molecular weight excluding hydrogens is 226 g/mol. The lowest BCUT2D eigenvalue weighted by atomic mass is 9.96. The fraction of sp³-hybridized carbons (Fsp3) is 0.533. The zero-order valence-corrected chi connectivity index (χ0v) is 10.6. The summed E-state index contributed by atoms with van der Waals surface area (Å²) in [6.07, 6.45) is 3.30. The van der Waals surface area contributed by atoms with Gasteiger partial charge in [-0.3, -0.25) is 9.69 Å².